The van der Waals surface area contributed by atoms with Crippen molar-refractivity contribution in [3.63, 3.8) is 0 Å². The van der Waals surface area contributed by atoms with Crippen LogP contribution in [0.15, 0.2) is 6.33 Å². The zero-order chi connectivity index (χ0) is 11.6. The first kappa shape index (κ1) is 11.5. The number of hydrogen-bond acceptors (Lipinski definition) is 4. The van der Waals surface area contributed by atoms with Crippen LogP contribution in [0.4, 0.5) is 0 Å². The third-order valence-electron chi connectivity index (χ3n) is 3.60. The SMILES string of the molecule is CCCn1ncnc1CC(NN)C1(C)CC1. The van der Waals surface area contributed by atoms with Gasteiger partial charge in [0.05, 0.1) is 0 Å². The minimum atomic E-state index is 0.312. The van der Waals surface area contributed by atoms with E-state index in [0.29, 0.717) is 11.5 Å². The van der Waals surface area contributed by atoms with Gasteiger partial charge in [-0.1, -0.05) is 13.8 Å². The Kier molecular flexibility index (Phi) is 3.25. The Morgan fingerprint density at radius 3 is 2.94 bits per heavy atom. The standard InChI is InChI=1S/C11H21N5/c1-3-6-16-10(13-8-14-16)7-9(15-12)11(2)4-5-11/h8-9,15H,3-7,12H2,1-2H3. The van der Waals surface area contributed by atoms with E-state index in [1.54, 1.807) is 6.33 Å². The molecule has 5 nitrogen and oxygen atoms in total. The molecule has 3 N–H and O–H groups in total. The molecule has 0 amide bonds. The van der Waals surface area contributed by atoms with E-state index in [-0.39, 0.29) is 0 Å². The number of nitrogens with two attached hydrogens (primary N) is 1. The van der Waals surface area contributed by atoms with Gasteiger partial charge in [0.1, 0.15) is 12.2 Å². The molecule has 0 radical (unpaired) electrons. The maximum Gasteiger partial charge on any atom is 0.138 e. The molecule has 0 aromatic carbocycles. The van der Waals surface area contributed by atoms with Crippen LogP contribution >= 0.6 is 0 Å². The first-order valence-electron chi connectivity index (χ1n) is 6.02. The van der Waals surface area contributed by atoms with Gasteiger partial charge in [-0.3, -0.25) is 16.0 Å². The second-order valence-corrected chi connectivity index (χ2v) is 4.98. The van der Waals surface area contributed by atoms with Crippen molar-refractivity contribution in [2.75, 3.05) is 0 Å². The van der Waals surface area contributed by atoms with Gasteiger partial charge in [-0.2, -0.15) is 5.10 Å². The van der Waals surface area contributed by atoms with Crippen molar-refractivity contribution in [2.24, 2.45) is 11.3 Å². The summed E-state index contributed by atoms with van der Waals surface area (Å²) in [4.78, 5) is 4.32. The maximum atomic E-state index is 5.63. The highest BCUT2D eigenvalue weighted by molar-refractivity contribution is 5.03. The van der Waals surface area contributed by atoms with E-state index >= 15 is 0 Å². The summed E-state index contributed by atoms with van der Waals surface area (Å²) in [6.45, 7) is 5.35. The number of nitrogens with zero attached hydrogens (tertiary/aromatic N) is 3. The van der Waals surface area contributed by atoms with Crippen LogP contribution < -0.4 is 11.3 Å². The highest BCUT2D eigenvalue weighted by Gasteiger charge is 2.44. The Labute approximate surface area is 96.4 Å². The lowest BCUT2D eigenvalue weighted by Crippen LogP contribution is -2.43. The molecule has 1 saturated carbocycles. The molecule has 5 heteroatoms. The largest absolute Gasteiger partial charge is 0.271 e. The second-order valence-electron chi connectivity index (χ2n) is 4.98. The molecule has 0 saturated heterocycles. The predicted molar refractivity (Wildman–Crippen MR) is 62.5 cm³/mol. The summed E-state index contributed by atoms with van der Waals surface area (Å²) in [5.41, 5.74) is 3.29. The van der Waals surface area contributed by atoms with E-state index in [9.17, 15) is 0 Å². The minimum Gasteiger partial charge on any atom is -0.271 e. The van der Waals surface area contributed by atoms with E-state index in [2.05, 4.69) is 29.4 Å². The van der Waals surface area contributed by atoms with Gasteiger partial charge in [0.25, 0.3) is 0 Å². The predicted octanol–water partition coefficient (Wildman–Crippen LogP) is 0.863. The van der Waals surface area contributed by atoms with Crippen molar-refractivity contribution in [3.8, 4) is 0 Å². The summed E-state index contributed by atoms with van der Waals surface area (Å²) in [5.74, 6) is 6.67. The summed E-state index contributed by atoms with van der Waals surface area (Å²) < 4.78 is 1.98. The number of nitrogens with one attached hydrogen (secondary N) is 1. The van der Waals surface area contributed by atoms with Gasteiger partial charge in [0.2, 0.25) is 0 Å². The molecular weight excluding hydrogens is 202 g/mol. The van der Waals surface area contributed by atoms with Gasteiger partial charge >= 0.3 is 0 Å². The van der Waals surface area contributed by atoms with Crippen LogP contribution in [0.5, 0.6) is 0 Å². The lowest BCUT2D eigenvalue weighted by Gasteiger charge is -2.22. The van der Waals surface area contributed by atoms with Crippen LogP contribution in [-0.4, -0.2) is 20.8 Å². The monoisotopic (exact) mass is 223 g/mol. The number of aryl methyl sites for hydroxylation is 1. The van der Waals surface area contributed by atoms with Gasteiger partial charge in [0, 0.05) is 19.0 Å². The fourth-order valence-corrected chi connectivity index (χ4v) is 2.08. The number of aromatic nitrogens is 3. The molecule has 90 valence electrons. The Balaban J connectivity index is 2.04. The average Bonchev–Trinajstić information content (AvgIpc) is 2.87. The fourth-order valence-electron chi connectivity index (χ4n) is 2.08. The smallest absolute Gasteiger partial charge is 0.138 e. The quantitative estimate of drug-likeness (QED) is 0.554. The van der Waals surface area contributed by atoms with Crippen molar-refractivity contribution >= 4 is 0 Å². The molecule has 1 aromatic heterocycles. The van der Waals surface area contributed by atoms with E-state index < -0.39 is 0 Å². The molecule has 1 aromatic rings. The van der Waals surface area contributed by atoms with Crippen molar-refractivity contribution in [1.29, 1.82) is 0 Å². The highest BCUT2D eigenvalue weighted by Crippen LogP contribution is 2.48. The Morgan fingerprint density at radius 1 is 1.62 bits per heavy atom. The first-order chi connectivity index (χ1) is 7.69. The molecular formula is C11H21N5. The Bertz CT molecular complexity index is 342. The van der Waals surface area contributed by atoms with E-state index in [0.717, 1.165) is 25.2 Å². The van der Waals surface area contributed by atoms with Crippen molar-refractivity contribution in [3.05, 3.63) is 12.2 Å². The van der Waals surface area contributed by atoms with Crippen LogP contribution in [-0.2, 0) is 13.0 Å². The van der Waals surface area contributed by atoms with Gasteiger partial charge < -0.3 is 0 Å². The third-order valence-corrected chi connectivity index (χ3v) is 3.60. The normalized spacial score (nSPS) is 19.7. The highest BCUT2D eigenvalue weighted by atomic mass is 15.3. The number of hydrazine groups is 1. The summed E-state index contributed by atoms with van der Waals surface area (Å²) in [7, 11) is 0. The topological polar surface area (TPSA) is 68.8 Å². The number of hydrogen-bond donors (Lipinski definition) is 2. The fraction of sp³-hybridized carbons (Fsp3) is 0.818. The average molecular weight is 223 g/mol. The molecule has 1 aliphatic rings. The second kappa shape index (κ2) is 4.51. The van der Waals surface area contributed by atoms with Crippen LogP contribution in [0.3, 0.4) is 0 Å². The molecule has 1 atom stereocenters. The van der Waals surface area contributed by atoms with Gasteiger partial charge in [-0.15, -0.1) is 0 Å². The minimum absolute atomic E-state index is 0.312. The van der Waals surface area contributed by atoms with Gasteiger partial charge in [-0.25, -0.2) is 4.98 Å². The molecule has 16 heavy (non-hydrogen) atoms. The molecule has 0 aliphatic heterocycles. The van der Waals surface area contributed by atoms with E-state index in [1.807, 2.05) is 4.68 Å². The van der Waals surface area contributed by atoms with Crippen molar-refractivity contribution in [2.45, 2.75) is 52.1 Å². The van der Waals surface area contributed by atoms with Crippen molar-refractivity contribution in [1.82, 2.24) is 20.2 Å². The zero-order valence-corrected chi connectivity index (χ0v) is 10.1. The van der Waals surface area contributed by atoms with E-state index in [4.69, 9.17) is 5.84 Å². The van der Waals surface area contributed by atoms with Crippen LogP contribution in [0.1, 0.15) is 38.9 Å². The Hall–Kier alpha value is -0.940. The molecule has 1 fully saturated rings. The van der Waals surface area contributed by atoms with Crippen LogP contribution in [0, 0.1) is 5.41 Å². The van der Waals surface area contributed by atoms with Crippen molar-refractivity contribution < 1.29 is 0 Å². The lowest BCUT2D eigenvalue weighted by molar-refractivity contribution is 0.348. The third kappa shape index (κ3) is 2.25. The van der Waals surface area contributed by atoms with Gasteiger partial charge in [0.15, 0.2) is 0 Å². The van der Waals surface area contributed by atoms with E-state index in [1.165, 1.54) is 12.8 Å². The molecule has 2 rings (SSSR count). The summed E-state index contributed by atoms with van der Waals surface area (Å²) in [5, 5.41) is 4.23. The summed E-state index contributed by atoms with van der Waals surface area (Å²) >= 11 is 0. The van der Waals surface area contributed by atoms with Crippen LogP contribution in [0.25, 0.3) is 0 Å². The Morgan fingerprint density at radius 2 is 2.38 bits per heavy atom. The molecule has 0 bridgehead atoms. The molecule has 1 aliphatic carbocycles. The molecule has 1 heterocycles. The summed E-state index contributed by atoms with van der Waals surface area (Å²) in [6.07, 6.45) is 6.09. The zero-order valence-electron chi connectivity index (χ0n) is 10.1. The summed E-state index contributed by atoms with van der Waals surface area (Å²) in [6, 6.07) is 0.312. The lowest BCUT2D eigenvalue weighted by atomic mass is 9.96. The number of rotatable bonds is 6. The first-order valence-corrected chi connectivity index (χ1v) is 6.02. The van der Waals surface area contributed by atoms with Crippen LogP contribution in [0.2, 0.25) is 0 Å². The van der Waals surface area contributed by atoms with Gasteiger partial charge in [-0.05, 0) is 24.7 Å². The molecule has 0 spiro atoms. The molecule has 1 unspecified atom stereocenters. The maximum absolute atomic E-state index is 5.63.